The van der Waals surface area contributed by atoms with Gasteiger partial charge in [0.25, 0.3) is 0 Å². The van der Waals surface area contributed by atoms with Crippen molar-refractivity contribution >= 4 is 21.8 Å². The van der Waals surface area contributed by atoms with Crippen molar-refractivity contribution in [2.24, 2.45) is 5.73 Å². The van der Waals surface area contributed by atoms with Crippen molar-refractivity contribution in [2.75, 3.05) is 13.7 Å². The molecule has 0 bridgehead atoms. The van der Waals surface area contributed by atoms with Gasteiger partial charge < -0.3 is 10.5 Å². The van der Waals surface area contributed by atoms with Gasteiger partial charge in [0.1, 0.15) is 5.01 Å². The van der Waals surface area contributed by atoms with Crippen LogP contribution in [0.5, 0.6) is 0 Å². The van der Waals surface area contributed by atoms with Crippen LogP contribution in [0, 0.1) is 0 Å². The fraction of sp³-hybridized carbons (Fsp3) is 0.444. The molecule has 0 aromatic carbocycles. The Bertz CT molecular complexity index is 411. The van der Waals surface area contributed by atoms with E-state index in [1.165, 1.54) is 11.3 Å². The maximum Gasteiger partial charge on any atom is 0.189 e. The van der Waals surface area contributed by atoms with Crippen LogP contribution in [0.2, 0.25) is 0 Å². The van der Waals surface area contributed by atoms with Crippen LogP contribution >= 0.6 is 11.3 Å². The minimum atomic E-state index is -0.0917. The van der Waals surface area contributed by atoms with Gasteiger partial charge in [-0.25, -0.2) is 15.0 Å². The Kier molecular flexibility index (Phi) is 3.20. The second-order valence-electron chi connectivity index (χ2n) is 3.13. The monoisotopic (exact) mass is 224 g/mol. The van der Waals surface area contributed by atoms with E-state index < -0.39 is 0 Å². The number of rotatable bonds is 4. The van der Waals surface area contributed by atoms with Crippen molar-refractivity contribution in [1.82, 2.24) is 15.0 Å². The third kappa shape index (κ3) is 2.28. The van der Waals surface area contributed by atoms with Crippen LogP contribution in [-0.4, -0.2) is 28.7 Å². The first-order valence-corrected chi connectivity index (χ1v) is 5.45. The Morgan fingerprint density at radius 2 is 2.27 bits per heavy atom. The van der Waals surface area contributed by atoms with Gasteiger partial charge in [0, 0.05) is 26.1 Å². The van der Waals surface area contributed by atoms with E-state index in [0.29, 0.717) is 12.3 Å². The summed E-state index contributed by atoms with van der Waals surface area (Å²) in [6.07, 6.45) is 4.05. The maximum atomic E-state index is 5.96. The molecule has 2 N–H and O–H groups in total. The quantitative estimate of drug-likeness (QED) is 0.842. The van der Waals surface area contributed by atoms with E-state index >= 15 is 0 Å². The number of nitrogens with two attached hydrogens (primary N) is 1. The first-order chi connectivity index (χ1) is 7.31. The van der Waals surface area contributed by atoms with Crippen molar-refractivity contribution in [3.63, 3.8) is 0 Å². The van der Waals surface area contributed by atoms with E-state index in [2.05, 4.69) is 15.0 Å². The SMILES string of the molecule is COCCC(N)c1nc2nccnc2s1. The van der Waals surface area contributed by atoms with Crippen molar-refractivity contribution in [2.45, 2.75) is 12.5 Å². The summed E-state index contributed by atoms with van der Waals surface area (Å²) in [4.78, 5) is 13.4. The molecule has 1 atom stereocenters. The van der Waals surface area contributed by atoms with E-state index in [1.54, 1.807) is 19.5 Å². The molecule has 15 heavy (non-hydrogen) atoms. The van der Waals surface area contributed by atoms with Crippen LogP contribution in [0.15, 0.2) is 12.4 Å². The molecule has 2 rings (SSSR count). The molecule has 0 fully saturated rings. The summed E-state index contributed by atoms with van der Waals surface area (Å²) in [5.41, 5.74) is 6.63. The van der Waals surface area contributed by atoms with Gasteiger partial charge in [-0.15, -0.1) is 0 Å². The summed E-state index contributed by atoms with van der Waals surface area (Å²) >= 11 is 1.49. The third-order valence-corrected chi connectivity index (χ3v) is 3.10. The molecule has 80 valence electrons. The van der Waals surface area contributed by atoms with Gasteiger partial charge in [0.05, 0.1) is 6.04 Å². The lowest BCUT2D eigenvalue weighted by molar-refractivity contribution is 0.188. The second kappa shape index (κ2) is 4.61. The van der Waals surface area contributed by atoms with Crippen molar-refractivity contribution in [3.8, 4) is 0 Å². The Balaban J connectivity index is 2.20. The first kappa shape index (κ1) is 10.4. The lowest BCUT2D eigenvalue weighted by Gasteiger charge is -2.05. The number of nitrogens with zero attached hydrogens (tertiary/aromatic N) is 3. The minimum Gasteiger partial charge on any atom is -0.385 e. The zero-order valence-corrected chi connectivity index (χ0v) is 9.20. The fourth-order valence-electron chi connectivity index (χ4n) is 1.22. The molecule has 0 amide bonds. The molecule has 0 saturated carbocycles. The zero-order chi connectivity index (χ0) is 10.7. The van der Waals surface area contributed by atoms with Crippen LogP contribution in [0.3, 0.4) is 0 Å². The van der Waals surface area contributed by atoms with Crippen LogP contribution in [-0.2, 0) is 4.74 Å². The lowest BCUT2D eigenvalue weighted by Crippen LogP contribution is -2.12. The highest BCUT2D eigenvalue weighted by atomic mass is 32.1. The predicted molar refractivity (Wildman–Crippen MR) is 58.6 cm³/mol. The Morgan fingerprint density at radius 1 is 1.47 bits per heavy atom. The van der Waals surface area contributed by atoms with Gasteiger partial charge in [-0.05, 0) is 6.42 Å². The van der Waals surface area contributed by atoms with E-state index in [9.17, 15) is 0 Å². The van der Waals surface area contributed by atoms with Crippen molar-refractivity contribution in [3.05, 3.63) is 17.4 Å². The molecule has 6 heteroatoms. The lowest BCUT2D eigenvalue weighted by atomic mass is 10.2. The number of thiazole rings is 1. The number of ether oxygens (including phenoxy) is 1. The van der Waals surface area contributed by atoms with Crippen molar-refractivity contribution in [1.29, 1.82) is 0 Å². The van der Waals surface area contributed by atoms with Gasteiger partial charge in [-0.2, -0.15) is 0 Å². The number of hydrogen-bond donors (Lipinski definition) is 1. The van der Waals surface area contributed by atoms with E-state index in [1.807, 2.05) is 0 Å². The third-order valence-electron chi connectivity index (χ3n) is 2.01. The molecule has 0 saturated heterocycles. The van der Waals surface area contributed by atoms with Crippen molar-refractivity contribution < 1.29 is 4.74 Å². The highest BCUT2D eigenvalue weighted by molar-refractivity contribution is 7.18. The molecule has 2 aromatic heterocycles. The molecule has 1 unspecified atom stereocenters. The molecule has 0 radical (unpaired) electrons. The predicted octanol–water partition coefficient (Wildman–Crippen LogP) is 1.12. The standard InChI is InChI=1S/C9H12N4OS/c1-14-5-2-6(10)8-13-7-9(15-8)12-4-3-11-7/h3-4,6H,2,5,10H2,1H3. The topological polar surface area (TPSA) is 73.9 Å². The summed E-state index contributed by atoms with van der Waals surface area (Å²) in [5.74, 6) is 0. The second-order valence-corrected chi connectivity index (χ2v) is 4.13. The summed E-state index contributed by atoms with van der Waals surface area (Å²) < 4.78 is 4.97. The average Bonchev–Trinajstić information content (AvgIpc) is 2.69. The number of hydrogen-bond acceptors (Lipinski definition) is 6. The molecule has 2 heterocycles. The minimum absolute atomic E-state index is 0.0917. The molecule has 0 aliphatic heterocycles. The molecule has 0 spiro atoms. The van der Waals surface area contributed by atoms with Crippen LogP contribution in [0.4, 0.5) is 0 Å². The first-order valence-electron chi connectivity index (χ1n) is 4.63. The van der Waals surface area contributed by atoms with Gasteiger partial charge in [0.15, 0.2) is 10.5 Å². The molecular weight excluding hydrogens is 212 g/mol. The van der Waals surface area contributed by atoms with Gasteiger partial charge in [-0.3, -0.25) is 0 Å². The molecule has 0 aliphatic carbocycles. The summed E-state index contributed by atoms with van der Waals surface area (Å²) in [7, 11) is 1.66. The Morgan fingerprint density at radius 3 is 3.00 bits per heavy atom. The van der Waals surface area contributed by atoms with Gasteiger partial charge >= 0.3 is 0 Å². The van der Waals surface area contributed by atoms with Gasteiger partial charge in [-0.1, -0.05) is 11.3 Å². The Hall–Kier alpha value is -1.11. The number of fused-ring (bicyclic) bond motifs is 1. The highest BCUT2D eigenvalue weighted by Crippen LogP contribution is 2.23. The number of methoxy groups -OCH3 is 1. The highest BCUT2D eigenvalue weighted by Gasteiger charge is 2.12. The van der Waals surface area contributed by atoms with Crippen LogP contribution in [0.1, 0.15) is 17.5 Å². The molecular formula is C9H12N4OS. The normalized spacial score (nSPS) is 13.2. The van der Waals surface area contributed by atoms with Gasteiger partial charge in [0.2, 0.25) is 0 Å². The average molecular weight is 224 g/mol. The molecule has 2 aromatic rings. The Labute approximate surface area is 91.3 Å². The molecule has 0 aliphatic rings. The maximum absolute atomic E-state index is 5.96. The fourth-order valence-corrected chi connectivity index (χ4v) is 2.12. The molecule has 5 nitrogen and oxygen atoms in total. The summed E-state index contributed by atoms with van der Waals surface area (Å²) in [6, 6.07) is -0.0917. The van der Waals surface area contributed by atoms with E-state index in [0.717, 1.165) is 16.3 Å². The summed E-state index contributed by atoms with van der Waals surface area (Å²) in [6.45, 7) is 0.637. The van der Waals surface area contributed by atoms with E-state index in [4.69, 9.17) is 10.5 Å². The van der Waals surface area contributed by atoms with E-state index in [-0.39, 0.29) is 6.04 Å². The largest absolute Gasteiger partial charge is 0.385 e. The smallest absolute Gasteiger partial charge is 0.189 e. The van der Waals surface area contributed by atoms with Crippen LogP contribution < -0.4 is 5.73 Å². The summed E-state index contributed by atoms with van der Waals surface area (Å²) in [5, 5.41) is 0.869. The number of aromatic nitrogens is 3. The zero-order valence-electron chi connectivity index (χ0n) is 8.38. The van der Waals surface area contributed by atoms with Crippen LogP contribution in [0.25, 0.3) is 10.5 Å².